The highest BCUT2D eigenvalue weighted by Crippen LogP contribution is 2.34. The molecule has 11 nitrogen and oxygen atoms in total. The van der Waals surface area contributed by atoms with Gasteiger partial charge < -0.3 is 29.6 Å². The molecule has 0 saturated heterocycles. The van der Waals surface area contributed by atoms with Crippen LogP contribution in [0.2, 0.25) is 0 Å². The van der Waals surface area contributed by atoms with E-state index in [9.17, 15) is 14.4 Å². The first kappa shape index (κ1) is 35.6. The molecule has 1 amide bonds. The van der Waals surface area contributed by atoms with Gasteiger partial charge in [0.1, 0.15) is 18.1 Å². The summed E-state index contributed by atoms with van der Waals surface area (Å²) in [4.78, 5) is 37.5. The minimum atomic E-state index is -0.649. The predicted octanol–water partition coefficient (Wildman–Crippen LogP) is 5.85. The summed E-state index contributed by atoms with van der Waals surface area (Å²) in [5, 5.41) is 10.5. The molecule has 3 N–H and O–H groups in total. The van der Waals surface area contributed by atoms with Gasteiger partial charge in [0.25, 0.3) is 5.91 Å². The highest BCUT2D eigenvalue weighted by Gasteiger charge is 2.32. The molecule has 1 aliphatic rings. The number of hydrazone groups is 1. The van der Waals surface area contributed by atoms with E-state index in [-0.39, 0.29) is 25.8 Å². The number of carbonyl (C=O) groups excluding carboxylic acids is 3. The Bertz CT molecular complexity index is 1710. The third-order valence-electron chi connectivity index (χ3n) is 6.63. The number of benzene rings is 3. The van der Waals surface area contributed by atoms with Crippen molar-refractivity contribution in [1.82, 2.24) is 16.1 Å². The first-order chi connectivity index (χ1) is 22.6. The van der Waals surface area contributed by atoms with Crippen LogP contribution in [-0.2, 0) is 25.7 Å². The Labute approximate surface area is 294 Å². The second-order valence-electron chi connectivity index (χ2n) is 9.92. The maximum Gasteiger partial charge on any atom is 0.338 e. The average Bonchev–Trinajstić information content (AvgIpc) is 3.03. The Balaban J connectivity index is 1.41. The lowest BCUT2D eigenvalue weighted by atomic mass is 9.95. The number of halogens is 2. The minimum absolute atomic E-state index is 0.211. The van der Waals surface area contributed by atoms with Crippen molar-refractivity contribution < 1.29 is 33.3 Å². The summed E-state index contributed by atoms with van der Waals surface area (Å²) in [6, 6.07) is 16.9. The molecule has 0 aliphatic carbocycles. The molecule has 0 saturated carbocycles. The van der Waals surface area contributed by atoms with Crippen LogP contribution in [0, 0.1) is 0 Å². The van der Waals surface area contributed by atoms with Crippen LogP contribution >= 0.6 is 44.1 Å². The highest BCUT2D eigenvalue weighted by molar-refractivity contribution is 9.11. The largest absolute Gasteiger partial charge is 0.487 e. The number of carbonyl (C=O) groups is 3. The number of para-hydroxylation sites is 1. The zero-order valence-electron chi connectivity index (χ0n) is 25.7. The number of hydrogen-bond acceptors (Lipinski definition) is 9. The van der Waals surface area contributed by atoms with E-state index in [0.717, 1.165) is 10.0 Å². The summed E-state index contributed by atoms with van der Waals surface area (Å²) in [7, 11) is 0. The second kappa shape index (κ2) is 17.0. The number of nitrogens with one attached hydrogen (secondary N) is 3. The van der Waals surface area contributed by atoms with Crippen LogP contribution in [0.1, 0.15) is 53.9 Å². The molecular weight excluding hydrogens is 756 g/mol. The number of rotatable bonds is 13. The summed E-state index contributed by atoms with van der Waals surface area (Å²) >= 11 is 12.3. The van der Waals surface area contributed by atoms with Gasteiger partial charge in [0.2, 0.25) is 0 Å². The van der Waals surface area contributed by atoms with Crippen molar-refractivity contribution in [2.45, 2.75) is 33.4 Å². The molecule has 14 heteroatoms. The van der Waals surface area contributed by atoms with Crippen molar-refractivity contribution in [1.29, 1.82) is 0 Å². The number of ether oxygens (including phenoxy) is 4. The first-order valence-corrected chi connectivity index (χ1v) is 16.5. The van der Waals surface area contributed by atoms with Gasteiger partial charge in [-0.3, -0.25) is 4.79 Å². The van der Waals surface area contributed by atoms with Crippen molar-refractivity contribution in [2.75, 3.05) is 19.8 Å². The van der Waals surface area contributed by atoms with Crippen LogP contribution in [0.15, 0.2) is 86.0 Å². The van der Waals surface area contributed by atoms with Crippen molar-refractivity contribution in [2.24, 2.45) is 5.10 Å². The molecule has 246 valence electrons. The van der Waals surface area contributed by atoms with E-state index in [4.69, 9.17) is 31.2 Å². The molecule has 47 heavy (non-hydrogen) atoms. The molecule has 0 fully saturated rings. The van der Waals surface area contributed by atoms with E-state index in [2.05, 4.69) is 53.0 Å². The van der Waals surface area contributed by atoms with E-state index < -0.39 is 17.9 Å². The van der Waals surface area contributed by atoms with E-state index in [1.54, 1.807) is 75.4 Å². The minimum Gasteiger partial charge on any atom is -0.487 e. The second-order valence-corrected chi connectivity index (χ2v) is 12.1. The molecule has 3 aromatic rings. The molecule has 3 aromatic carbocycles. The predicted molar refractivity (Wildman–Crippen MR) is 187 cm³/mol. The lowest BCUT2D eigenvalue weighted by molar-refractivity contribution is -0.139. The average molecular weight is 789 g/mol. The lowest BCUT2D eigenvalue weighted by Crippen LogP contribution is -2.45. The monoisotopic (exact) mass is 786 g/mol. The molecular formula is C33H32Br2N4O7S. The fraction of sp³-hybridized carbons (Fsp3) is 0.242. The van der Waals surface area contributed by atoms with Gasteiger partial charge in [0.15, 0.2) is 11.7 Å². The summed E-state index contributed by atoms with van der Waals surface area (Å²) < 4.78 is 23.7. The fourth-order valence-electron chi connectivity index (χ4n) is 4.54. The number of amides is 1. The third kappa shape index (κ3) is 9.62. The number of nitrogens with zero attached hydrogens (tertiary/aromatic N) is 1. The zero-order valence-corrected chi connectivity index (χ0v) is 29.7. The maximum atomic E-state index is 12.8. The first-order valence-electron chi connectivity index (χ1n) is 14.5. The van der Waals surface area contributed by atoms with Crippen LogP contribution < -0.4 is 25.5 Å². The Hall–Kier alpha value is -4.27. The van der Waals surface area contributed by atoms with Gasteiger partial charge in [-0.1, -0.05) is 46.3 Å². The molecule has 4 rings (SSSR count). The van der Waals surface area contributed by atoms with Crippen molar-refractivity contribution in [3.63, 3.8) is 0 Å². The van der Waals surface area contributed by atoms with Crippen LogP contribution in [0.4, 0.5) is 0 Å². The molecule has 0 spiro atoms. The topological polar surface area (TPSA) is 137 Å². The van der Waals surface area contributed by atoms with Crippen molar-refractivity contribution >= 4 is 73.3 Å². The summed E-state index contributed by atoms with van der Waals surface area (Å²) in [5.41, 5.74) is 5.87. The number of hydrogen-bond donors (Lipinski definition) is 3. The summed E-state index contributed by atoms with van der Waals surface area (Å²) in [6.45, 7) is 5.60. The number of esters is 2. The van der Waals surface area contributed by atoms with E-state index in [1.165, 1.54) is 6.21 Å². The molecule has 0 unspecified atom stereocenters. The van der Waals surface area contributed by atoms with Crippen molar-refractivity contribution in [3.05, 3.63) is 103 Å². The van der Waals surface area contributed by atoms with Crippen molar-refractivity contribution in [3.8, 4) is 11.5 Å². The molecule has 1 aliphatic heterocycles. The maximum absolute atomic E-state index is 12.8. The van der Waals surface area contributed by atoms with Gasteiger partial charge in [-0.2, -0.15) is 5.10 Å². The normalized spacial score (nSPS) is 14.2. The molecule has 1 atom stereocenters. The Kier molecular flexibility index (Phi) is 12.9. The van der Waals surface area contributed by atoms with Crippen LogP contribution in [-0.4, -0.2) is 49.0 Å². The molecule has 0 bridgehead atoms. The van der Waals surface area contributed by atoms with Gasteiger partial charge in [0, 0.05) is 21.3 Å². The van der Waals surface area contributed by atoms with E-state index in [1.807, 2.05) is 6.07 Å². The smallest absolute Gasteiger partial charge is 0.338 e. The standard InChI is InChI=1S/C33H32Br2N4O7S/c1-4-43-31(41)21-12-10-20(11-13-21)17-46-30-22(14-23(34)15-25(30)35)16-36-39-27(40)18-45-26-9-7-6-8-24(26)29-28(32(42)44-5-2)19(3)37-33(47)38-29/h6-16,29H,4-5,17-18H2,1-3H3,(H,39,40)(H2,37,38,47)/t29-/m1/s1. The zero-order chi connectivity index (χ0) is 33.9. The van der Waals surface area contributed by atoms with Crippen LogP contribution in [0.3, 0.4) is 0 Å². The fourth-order valence-corrected chi connectivity index (χ4v) is 6.19. The van der Waals surface area contributed by atoms with Crippen LogP contribution in [0.5, 0.6) is 11.5 Å². The Morgan fingerprint density at radius 2 is 1.68 bits per heavy atom. The number of thiocarbonyl (C=S) groups is 1. The summed E-state index contributed by atoms with van der Waals surface area (Å²) in [5.74, 6) is -0.511. The van der Waals surface area contributed by atoms with Crippen LogP contribution in [0.25, 0.3) is 0 Å². The number of allylic oxidation sites excluding steroid dienone is 1. The van der Waals surface area contributed by atoms with Gasteiger partial charge in [-0.05, 0) is 84.8 Å². The Morgan fingerprint density at radius 1 is 0.979 bits per heavy atom. The molecule has 0 aromatic heterocycles. The van der Waals surface area contributed by atoms with Gasteiger partial charge in [0.05, 0.1) is 41.1 Å². The van der Waals surface area contributed by atoms with Gasteiger partial charge in [-0.25, -0.2) is 15.0 Å². The lowest BCUT2D eigenvalue weighted by Gasteiger charge is -2.30. The van der Waals surface area contributed by atoms with E-state index in [0.29, 0.717) is 55.7 Å². The summed E-state index contributed by atoms with van der Waals surface area (Å²) in [6.07, 6.45) is 1.46. The Morgan fingerprint density at radius 3 is 2.40 bits per heavy atom. The molecule has 0 radical (unpaired) electrons. The quantitative estimate of drug-likeness (QED) is 0.0838. The van der Waals surface area contributed by atoms with Gasteiger partial charge >= 0.3 is 11.9 Å². The molecule has 1 heterocycles. The van der Waals surface area contributed by atoms with Gasteiger partial charge in [-0.15, -0.1) is 0 Å². The highest BCUT2D eigenvalue weighted by atomic mass is 79.9. The van der Waals surface area contributed by atoms with E-state index >= 15 is 0 Å². The SMILES string of the molecule is CCOC(=O)C1=C(C)NC(=S)N[C@@H]1c1ccccc1OCC(=O)NN=Cc1cc(Br)cc(Br)c1OCc1ccc(C(=O)OCC)cc1. The third-order valence-corrected chi connectivity index (χ3v) is 7.90.